The van der Waals surface area contributed by atoms with Gasteiger partial charge in [0.2, 0.25) is 0 Å². The zero-order valence-corrected chi connectivity index (χ0v) is 16.2. The molecule has 2 aliphatic rings. The van der Waals surface area contributed by atoms with Crippen molar-refractivity contribution in [3.8, 4) is 0 Å². The quantitative estimate of drug-likeness (QED) is 0.260. The van der Waals surface area contributed by atoms with Gasteiger partial charge in [-0.05, 0) is 53.0 Å². The molecule has 2 rings (SSSR count). The molecule has 0 aliphatic carbocycles. The van der Waals surface area contributed by atoms with Crippen LogP contribution in [0.5, 0.6) is 0 Å². The van der Waals surface area contributed by atoms with E-state index in [2.05, 4.69) is 39.0 Å². The minimum atomic E-state index is 0.890. The van der Waals surface area contributed by atoms with Crippen molar-refractivity contribution in [1.29, 1.82) is 0 Å². The van der Waals surface area contributed by atoms with Crippen LogP contribution in [0.1, 0.15) is 0 Å². The van der Waals surface area contributed by atoms with Gasteiger partial charge in [0.1, 0.15) is 0 Å². The van der Waals surface area contributed by atoms with Crippen LogP contribution < -0.4 is 0 Å². The van der Waals surface area contributed by atoms with Crippen molar-refractivity contribution in [3.05, 3.63) is 38.1 Å². The Morgan fingerprint density at radius 1 is 0.706 bits per heavy atom. The van der Waals surface area contributed by atoms with E-state index in [1.807, 2.05) is 85.9 Å². The SMILES string of the molecule is CN1C=CN(C)[CH-]1.CN1C=CN(C)[CH-]1.[I][Pd][I]. The first-order chi connectivity index (χ1) is 7.99. The molecule has 0 atom stereocenters. The standard InChI is InChI=1S/2C5H9N2.2HI.Pd/c2*1-6-3-4-7(2)5-6;;;/h2*3-5H,1-2H3;2*1H;/q2*-1;;;+2/p-2. The Bertz CT molecular complexity index is 206. The molecule has 2 heterocycles. The third-order valence-corrected chi connectivity index (χ3v) is 1.80. The molecular formula is C10H18I2N4Pd-2. The van der Waals surface area contributed by atoms with Crippen molar-refractivity contribution >= 4 is 39.0 Å². The van der Waals surface area contributed by atoms with Gasteiger partial charge in [0, 0.05) is 0 Å². The second-order valence-electron chi connectivity index (χ2n) is 3.53. The molecule has 104 valence electrons. The van der Waals surface area contributed by atoms with Gasteiger partial charge < -0.3 is 19.6 Å². The van der Waals surface area contributed by atoms with Crippen molar-refractivity contribution in [2.24, 2.45) is 0 Å². The van der Waals surface area contributed by atoms with E-state index in [0.717, 1.165) is 10.8 Å². The Balaban J connectivity index is 0.000000247. The van der Waals surface area contributed by atoms with E-state index in [4.69, 9.17) is 0 Å². The van der Waals surface area contributed by atoms with Gasteiger partial charge in [-0.25, -0.2) is 0 Å². The van der Waals surface area contributed by atoms with E-state index in [0.29, 0.717) is 0 Å². The van der Waals surface area contributed by atoms with Crippen molar-refractivity contribution in [2.75, 3.05) is 28.2 Å². The Morgan fingerprint density at radius 2 is 0.882 bits per heavy atom. The summed E-state index contributed by atoms with van der Waals surface area (Å²) in [5.74, 6) is 0. The van der Waals surface area contributed by atoms with Crippen molar-refractivity contribution in [3.63, 3.8) is 0 Å². The maximum absolute atomic E-state index is 2.33. The average Bonchev–Trinajstić information content (AvgIpc) is 2.78. The number of rotatable bonds is 0. The fraction of sp³-hybridized carbons (Fsp3) is 0.400. The molecule has 2 aliphatic heterocycles. The molecule has 0 saturated carbocycles. The summed E-state index contributed by atoms with van der Waals surface area (Å²) >= 11 is 4.65. The maximum atomic E-state index is 2.33. The predicted octanol–water partition coefficient (Wildman–Crippen LogP) is 2.68. The van der Waals surface area contributed by atoms with Gasteiger partial charge in [-0.15, -0.1) is 0 Å². The van der Waals surface area contributed by atoms with Crippen LogP contribution in [0.3, 0.4) is 0 Å². The average molecular weight is 555 g/mol. The van der Waals surface area contributed by atoms with Crippen molar-refractivity contribution < 1.29 is 10.8 Å². The van der Waals surface area contributed by atoms with Gasteiger partial charge in [-0.3, -0.25) is 0 Å². The molecule has 0 saturated heterocycles. The van der Waals surface area contributed by atoms with Crippen LogP contribution >= 0.6 is 39.0 Å². The first-order valence-corrected chi connectivity index (χ1v) is 14.0. The zero-order valence-electron chi connectivity index (χ0n) is 10.3. The Labute approximate surface area is 134 Å². The Kier molecular flexibility index (Phi) is 11.2. The fourth-order valence-corrected chi connectivity index (χ4v) is 1.15. The summed E-state index contributed by atoms with van der Waals surface area (Å²) in [4.78, 5) is 8.00. The molecule has 0 radical (unpaired) electrons. The normalized spacial score (nSPS) is 17.1. The Hall–Kier alpha value is 0.802. The van der Waals surface area contributed by atoms with Crippen LogP contribution in [0.25, 0.3) is 0 Å². The summed E-state index contributed by atoms with van der Waals surface area (Å²) in [6, 6.07) is 0. The van der Waals surface area contributed by atoms with Crippen LogP contribution in [-0.4, -0.2) is 47.8 Å². The van der Waals surface area contributed by atoms with Gasteiger partial charge in [0.05, 0.1) is 0 Å². The Morgan fingerprint density at radius 3 is 0.941 bits per heavy atom. The van der Waals surface area contributed by atoms with E-state index in [-0.39, 0.29) is 0 Å². The minimum absolute atomic E-state index is 0.890. The van der Waals surface area contributed by atoms with E-state index in [1.165, 1.54) is 0 Å². The number of nitrogens with zero attached hydrogens (tertiary/aromatic N) is 4. The molecule has 0 aromatic carbocycles. The molecule has 0 unspecified atom stereocenters. The molecule has 4 nitrogen and oxygen atoms in total. The predicted molar refractivity (Wildman–Crippen MR) is 86.0 cm³/mol. The van der Waals surface area contributed by atoms with Gasteiger partial charge in [0.15, 0.2) is 0 Å². The van der Waals surface area contributed by atoms with Gasteiger partial charge in [-0.1, -0.05) is 0 Å². The van der Waals surface area contributed by atoms with Crippen LogP contribution in [0.4, 0.5) is 0 Å². The van der Waals surface area contributed by atoms with Crippen LogP contribution in [0.2, 0.25) is 0 Å². The summed E-state index contributed by atoms with van der Waals surface area (Å²) < 4.78 is 0. The molecule has 0 spiro atoms. The molecule has 7 heteroatoms. The van der Waals surface area contributed by atoms with Crippen molar-refractivity contribution in [2.45, 2.75) is 0 Å². The zero-order chi connectivity index (χ0) is 13.3. The molecule has 17 heavy (non-hydrogen) atoms. The summed E-state index contributed by atoms with van der Waals surface area (Å²) in [5, 5.41) is 0. The molecular weight excluding hydrogens is 536 g/mol. The second kappa shape index (κ2) is 10.7. The molecule has 0 aromatic heterocycles. The van der Waals surface area contributed by atoms with Crippen LogP contribution in [-0.2, 0) is 10.8 Å². The third-order valence-electron chi connectivity index (χ3n) is 1.80. The third kappa shape index (κ3) is 10.4. The molecule has 0 amide bonds. The van der Waals surface area contributed by atoms with Crippen molar-refractivity contribution in [1.82, 2.24) is 19.6 Å². The van der Waals surface area contributed by atoms with Gasteiger partial charge in [0.25, 0.3) is 0 Å². The summed E-state index contributed by atoms with van der Waals surface area (Å²) in [7, 11) is 8.89. The topological polar surface area (TPSA) is 13.0 Å². The van der Waals surface area contributed by atoms with Gasteiger partial charge >= 0.3 is 49.8 Å². The first-order valence-electron chi connectivity index (χ1n) is 4.76. The van der Waals surface area contributed by atoms with Crippen LogP contribution in [0.15, 0.2) is 24.8 Å². The van der Waals surface area contributed by atoms with E-state index in [9.17, 15) is 0 Å². The van der Waals surface area contributed by atoms with Gasteiger partial charge in [-0.2, -0.15) is 13.3 Å². The first kappa shape index (κ1) is 17.8. The van der Waals surface area contributed by atoms with E-state index in [1.54, 1.807) is 0 Å². The van der Waals surface area contributed by atoms with E-state index < -0.39 is 0 Å². The number of hydrogen-bond donors (Lipinski definition) is 0. The number of halogens is 2. The molecule has 0 N–H and O–H groups in total. The summed E-state index contributed by atoms with van der Waals surface area (Å²) in [6.07, 6.45) is 8.00. The molecule has 0 fully saturated rings. The van der Waals surface area contributed by atoms with Crippen LogP contribution in [0, 0.1) is 13.3 Å². The molecule has 0 aromatic rings. The van der Waals surface area contributed by atoms with E-state index >= 15 is 0 Å². The fourth-order valence-electron chi connectivity index (χ4n) is 1.15. The summed E-state index contributed by atoms with van der Waals surface area (Å²) in [6.45, 7) is 4.00. The monoisotopic (exact) mass is 554 g/mol. The molecule has 0 bridgehead atoms. The number of hydrogen-bond acceptors (Lipinski definition) is 4. The summed E-state index contributed by atoms with van der Waals surface area (Å²) in [5.41, 5.74) is 0. The second-order valence-corrected chi connectivity index (χ2v) is 15.5.